The second-order valence-electron chi connectivity index (χ2n) is 5.96. The predicted octanol–water partition coefficient (Wildman–Crippen LogP) is 2.40. The number of aromatic nitrogens is 1. The molecule has 2 heterocycles. The molecule has 1 fully saturated rings. The Kier molecular flexibility index (Phi) is 4.13. The standard InChI is InChI=1S/C14H20N2O3S/c1-9-11(20-8-15-9)12(17)16-7-5-6-10(16)13(18)19-14(2,3)4/h8,10H,5-7H2,1-4H3/t10-/m1/s1. The lowest BCUT2D eigenvalue weighted by Crippen LogP contribution is -2.43. The molecule has 0 aromatic carbocycles. The number of hydrogen-bond donors (Lipinski definition) is 0. The van der Waals surface area contributed by atoms with Crippen molar-refractivity contribution < 1.29 is 14.3 Å². The first-order valence-electron chi connectivity index (χ1n) is 6.73. The largest absolute Gasteiger partial charge is 0.458 e. The quantitative estimate of drug-likeness (QED) is 0.786. The second-order valence-corrected chi connectivity index (χ2v) is 6.81. The highest BCUT2D eigenvalue weighted by Crippen LogP contribution is 2.25. The van der Waals surface area contributed by atoms with Crippen LogP contribution in [0.1, 0.15) is 49.0 Å². The van der Waals surface area contributed by atoms with Gasteiger partial charge in [0.25, 0.3) is 5.91 Å². The van der Waals surface area contributed by atoms with E-state index in [0.717, 1.165) is 12.1 Å². The molecular formula is C14H20N2O3S. The number of likely N-dealkylation sites (tertiary alicyclic amines) is 1. The summed E-state index contributed by atoms with van der Waals surface area (Å²) in [5.41, 5.74) is 1.84. The average molecular weight is 296 g/mol. The third-order valence-corrected chi connectivity index (χ3v) is 4.05. The number of amides is 1. The van der Waals surface area contributed by atoms with Gasteiger partial charge in [-0.25, -0.2) is 9.78 Å². The average Bonchev–Trinajstić information content (AvgIpc) is 2.93. The summed E-state index contributed by atoms with van der Waals surface area (Å²) in [5.74, 6) is -0.427. The SMILES string of the molecule is Cc1ncsc1C(=O)N1CCC[C@@H]1C(=O)OC(C)(C)C. The number of carbonyl (C=O) groups excluding carboxylic acids is 2. The maximum Gasteiger partial charge on any atom is 0.329 e. The molecule has 1 aromatic heterocycles. The monoisotopic (exact) mass is 296 g/mol. The molecule has 0 N–H and O–H groups in total. The van der Waals surface area contributed by atoms with Crippen molar-refractivity contribution in [2.24, 2.45) is 0 Å². The van der Waals surface area contributed by atoms with Crippen LogP contribution in [0.4, 0.5) is 0 Å². The van der Waals surface area contributed by atoms with Crippen LogP contribution in [0.25, 0.3) is 0 Å². The van der Waals surface area contributed by atoms with E-state index < -0.39 is 11.6 Å². The van der Waals surface area contributed by atoms with E-state index in [-0.39, 0.29) is 11.9 Å². The highest BCUT2D eigenvalue weighted by atomic mass is 32.1. The summed E-state index contributed by atoms with van der Waals surface area (Å²) in [4.78, 5) is 31.0. The Morgan fingerprint density at radius 1 is 1.45 bits per heavy atom. The molecule has 1 aliphatic rings. The molecule has 0 unspecified atom stereocenters. The van der Waals surface area contributed by atoms with E-state index in [1.807, 2.05) is 27.7 Å². The molecule has 0 bridgehead atoms. The van der Waals surface area contributed by atoms with Gasteiger partial charge in [-0.15, -0.1) is 11.3 Å². The normalized spacial score (nSPS) is 19.2. The van der Waals surface area contributed by atoms with Crippen molar-refractivity contribution in [2.75, 3.05) is 6.54 Å². The molecule has 0 aliphatic carbocycles. The molecule has 110 valence electrons. The zero-order valence-corrected chi connectivity index (χ0v) is 13.1. The lowest BCUT2D eigenvalue weighted by molar-refractivity contribution is -0.159. The topological polar surface area (TPSA) is 59.5 Å². The van der Waals surface area contributed by atoms with Gasteiger partial charge in [-0.2, -0.15) is 0 Å². The number of ether oxygens (including phenoxy) is 1. The van der Waals surface area contributed by atoms with Gasteiger partial charge in [0.05, 0.1) is 11.2 Å². The van der Waals surface area contributed by atoms with E-state index in [1.165, 1.54) is 11.3 Å². The maximum absolute atomic E-state index is 12.5. The number of esters is 1. The number of thiazole rings is 1. The first-order valence-corrected chi connectivity index (χ1v) is 7.61. The molecule has 1 atom stereocenters. The molecule has 2 rings (SSSR count). The Hall–Kier alpha value is -1.43. The van der Waals surface area contributed by atoms with Gasteiger partial charge in [-0.05, 0) is 40.5 Å². The first-order chi connectivity index (χ1) is 9.29. The van der Waals surface area contributed by atoms with Crippen molar-refractivity contribution in [3.63, 3.8) is 0 Å². The minimum Gasteiger partial charge on any atom is -0.458 e. The summed E-state index contributed by atoms with van der Waals surface area (Å²) in [7, 11) is 0. The fourth-order valence-electron chi connectivity index (χ4n) is 2.26. The third-order valence-electron chi connectivity index (χ3n) is 3.13. The highest BCUT2D eigenvalue weighted by Gasteiger charge is 2.38. The first kappa shape index (κ1) is 15.0. The van der Waals surface area contributed by atoms with Crippen molar-refractivity contribution in [3.05, 3.63) is 16.1 Å². The Labute approximate surface area is 122 Å². The number of rotatable bonds is 2. The number of carbonyl (C=O) groups is 2. The van der Waals surface area contributed by atoms with E-state index in [0.29, 0.717) is 17.8 Å². The molecule has 1 amide bonds. The van der Waals surface area contributed by atoms with Gasteiger partial charge < -0.3 is 9.64 Å². The molecule has 1 aromatic rings. The smallest absolute Gasteiger partial charge is 0.329 e. The molecular weight excluding hydrogens is 276 g/mol. The summed E-state index contributed by atoms with van der Waals surface area (Å²) in [5, 5.41) is 0. The minimum absolute atomic E-state index is 0.113. The Morgan fingerprint density at radius 3 is 2.70 bits per heavy atom. The van der Waals surface area contributed by atoms with Gasteiger partial charge in [-0.1, -0.05) is 0 Å². The van der Waals surface area contributed by atoms with Crippen LogP contribution in [0.2, 0.25) is 0 Å². The molecule has 0 radical (unpaired) electrons. The fourth-order valence-corrected chi connectivity index (χ4v) is 3.02. The van der Waals surface area contributed by atoms with Gasteiger partial charge in [0.15, 0.2) is 0 Å². The van der Waals surface area contributed by atoms with E-state index in [9.17, 15) is 9.59 Å². The van der Waals surface area contributed by atoms with Crippen LogP contribution in [-0.4, -0.2) is 39.9 Å². The van der Waals surface area contributed by atoms with Gasteiger partial charge in [0.1, 0.15) is 16.5 Å². The highest BCUT2D eigenvalue weighted by molar-refractivity contribution is 7.11. The lowest BCUT2D eigenvalue weighted by atomic mass is 10.1. The zero-order valence-electron chi connectivity index (χ0n) is 12.3. The molecule has 0 saturated carbocycles. The van der Waals surface area contributed by atoms with Crippen LogP contribution >= 0.6 is 11.3 Å². The van der Waals surface area contributed by atoms with Crippen molar-refractivity contribution >= 4 is 23.2 Å². The van der Waals surface area contributed by atoms with Gasteiger partial charge >= 0.3 is 5.97 Å². The van der Waals surface area contributed by atoms with Crippen LogP contribution in [0, 0.1) is 6.92 Å². The van der Waals surface area contributed by atoms with Crippen LogP contribution in [-0.2, 0) is 9.53 Å². The summed E-state index contributed by atoms with van der Waals surface area (Å²) < 4.78 is 5.40. The number of aryl methyl sites for hydroxylation is 1. The Morgan fingerprint density at radius 2 is 2.15 bits per heavy atom. The maximum atomic E-state index is 12.5. The van der Waals surface area contributed by atoms with Crippen molar-refractivity contribution in [1.82, 2.24) is 9.88 Å². The third kappa shape index (κ3) is 3.17. The van der Waals surface area contributed by atoms with Gasteiger partial charge in [0, 0.05) is 6.54 Å². The van der Waals surface area contributed by atoms with Crippen molar-refractivity contribution in [1.29, 1.82) is 0 Å². The predicted molar refractivity (Wildman–Crippen MR) is 76.8 cm³/mol. The van der Waals surface area contributed by atoms with E-state index in [2.05, 4.69) is 4.98 Å². The summed E-state index contributed by atoms with van der Waals surface area (Å²) in [6, 6.07) is -0.469. The van der Waals surface area contributed by atoms with Crippen LogP contribution < -0.4 is 0 Å². The van der Waals surface area contributed by atoms with E-state index >= 15 is 0 Å². The summed E-state index contributed by atoms with van der Waals surface area (Å²) in [6.07, 6.45) is 1.49. The zero-order chi connectivity index (χ0) is 14.9. The van der Waals surface area contributed by atoms with E-state index in [4.69, 9.17) is 4.74 Å². The molecule has 1 aliphatic heterocycles. The van der Waals surface area contributed by atoms with Gasteiger partial charge in [-0.3, -0.25) is 4.79 Å². The molecule has 20 heavy (non-hydrogen) atoms. The molecule has 5 nitrogen and oxygen atoms in total. The van der Waals surface area contributed by atoms with E-state index in [1.54, 1.807) is 10.4 Å². The second kappa shape index (κ2) is 5.52. The van der Waals surface area contributed by atoms with Crippen LogP contribution in [0.3, 0.4) is 0 Å². The number of hydrogen-bond acceptors (Lipinski definition) is 5. The summed E-state index contributed by atoms with van der Waals surface area (Å²) >= 11 is 1.32. The Balaban J connectivity index is 2.13. The fraction of sp³-hybridized carbons (Fsp3) is 0.643. The lowest BCUT2D eigenvalue weighted by Gasteiger charge is -2.27. The van der Waals surface area contributed by atoms with Crippen LogP contribution in [0.5, 0.6) is 0 Å². The molecule has 1 saturated heterocycles. The molecule has 6 heteroatoms. The van der Waals surface area contributed by atoms with Crippen molar-refractivity contribution in [2.45, 2.75) is 52.2 Å². The minimum atomic E-state index is -0.533. The van der Waals surface area contributed by atoms with Crippen molar-refractivity contribution in [3.8, 4) is 0 Å². The van der Waals surface area contributed by atoms with Gasteiger partial charge in [0.2, 0.25) is 0 Å². The van der Waals surface area contributed by atoms with Crippen LogP contribution in [0.15, 0.2) is 5.51 Å². The Bertz CT molecular complexity index is 519. The number of nitrogens with zero attached hydrogens (tertiary/aromatic N) is 2. The molecule has 0 spiro atoms. The summed E-state index contributed by atoms with van der Waals surface area (Å²) in [6.45, 7) is 7.90.